The Morgan fingerprint density at radius 3 is 2.63 bits per heavy atom. The van der Waals surface area contributed by atoms with Crippen molar-refractivity contribution in [2.75, 3.05) is 6.61 Å². The predicted molar refractivity (Wildman–Crippen MR) is 102 cm³/mol. The molecule has 0 aliphatic heterocycles. The zero-order chi connectivity index (χ0) is 19.6. The number of carbonyl (C=O) groups is 1. The van der Waals surface area contributed by atoms with Crippen LogP contribution in [0.4, 0.5) is 0 Å². The number of aliphatic hydroxyl groups is 2. The molecule has 4 atom stereocenters. The minimum Gasteiger partial charge on any atom is -0.479 e. The Labute approximate surface area is 161 Å². The number of allylic oxidation sites excluding steroid dienone is 1. The van der Waals surface area contributed by atoms with E-state index in [9.17, 15) is 15.0 Å². The van der Waals surface area contributed by atoms with Gasteiger partial charge in [-0.1, -0.05) is 57.3 Å². The van der Waals surface area contributed by atoms with E-state index < -0.39 is 24.8 Å². The average molecular weight is 379 g/mol. The summed E-state index contributed by atoms with van der Waals surface area (Å²) in [6, 6.07) is 0. The molecular formula is C21H33NO5. The van der Waals surface area contributed by atoms with Crippen LogP contribution < -0.4 is 5.48 Å². The number of carboxylic acid groups (broad SMARTS) is 1. The Morgan fingerprint density at radius 2 is 1.93 bits per heavy atom. The van der Waals surface area contributed by atoms with Crippen LogP contribution >= 0.6 is 0 Å². The van der Waals surface area contributed by atoms with Crippen molar-refractivity contribution in [2.24, 2.45) is 11.8 Å². The molecule has 152 valence electrons. The minimum atomic E-state index is -1.03. The first kappa shape index (κ1) is 21.7. The normalized spacial score (nSPS) is 24.6. The number of carboxylic acids is 1. The molecular weight excluding hydrogens is 346 g/mol. The zero-order valence-electron chi connectivity index (χ0n) is 16.2. The van der Waals surface area contributed by atoms with E-state index in [0.29, 0.717) is 19.3 Å². The predicted octanol–water partition coefficient (Wildman–Crippen LogP) is 2.75. The Morgan fingerprint density at radius 1 is 1.22 bits per heavy atom. The van der Waals surface area contributed by atoms with Gasteiger partial charge >= 0.3 is 5.97 Å². The second kappa shape index (κ2) is 11.3. The molecule has 0 spiro atoms. The quantitative estimate of drug-likeness (QED) is 0.236. The van der Waals surface area contributed by atoms with E-state index in [0.717, 1.165) is 24.1 Å². The van der Waals surface area contributed by atoms with Crippen molar-refractivity contribution in [2.45, 2.75) is 83.3 Å². The van der Waals surface area contributed by atoms with Gasteiger partial charge in [-0.05, 0) is 31.3 Å². The second-order valence-corrected chi connectivity index (χ2v) is 7.61. The van der Waals surface area contributed by atoms with Gasteiger partial charge in [0, 0.05) is 11.6 Å². The first-order valence-electron chi connectivity index (χ1n) is 10.2. The number of nitrogens with one attached hydrogen (secondary N) is 1. The molecule has 4 unspecified atom stereocenters. The summed E-state index contributed by atoms with van der Waals surface area (Å²) >= 11 is 0. The third kappa shape index (κ3) is 6.84. The van der Waals surface area contributed by atoms with Crippen LogP contribution in [0.2, 0.25) is 0 Å². The van der Waals surface area contributed by atoms with Gasteiger partial charge in [0.05, 0.1) is 12.0 Å². The lowest BCUT2D eigenvalue weighted by molar-refractivity contribution is -0.144. The number of hydrogen-bond donors (Lipinski definition) is 4. The number of aliphatic carboxylic acids is 1. The number of aliphatic hydroxyl groups excluding tert-OH is 2. The van der Waals surface area contributed by atoms with Crippen molar-refractivity contribution in [3.8, 4) is 11.8 Å². The molecule has 1 fully saturated rings. The molecule has 4 N–H and O–H groups in total. The maximum atomic E-state index is 10.5. The highest BCUT2D eigenvalue weighted by atomic mass is 16.7. The van der Waals surface area contributed by atoms with Crippen molar-refractivity contribution in [1.29, 1.82) is 0 Å². The van der Waals surface area contributed by atoms with Crippen LogP contribution in [0.3, 0.4) is 0 Å². The topological polar surface area (TPSA) is 99.0 Å². The van der Waals surface area contributed by atoms with Crippen LogP contribution in [0.1, 0.15) is 71.1 Å². The lowest BCUT2D eigenvalue weighted by atomic mass is 9.83. The zero-order valence-corrected chi connectivity index (χ0v) is 16.2. The summed E-state index contributed by atoms with van der Waals surface area (Å²) in [5, 5.41) is 29.0. The van der Waals surface area contributed by atoms with Crippen LogP contribution in [0.25, 0.3) is 0 Å². The first-order valence-corrected chi connectivity index (χ1v) is 10.2. The van der Waals surface area contributed by atoms with Crippen LogP contribution in [0.15, 0.2) is 11.3 Å². The number of hydrogen-bond acceptors (Lipinski definition) is 5. The fourth-order valence-electron chi connectivity index (χ4n) is 3.81. The Balaban J connectivity index is 1.67. The van der Waals surface area contributed by atoms with Gasteiger partial charge in [0.1, 0.15) is 6.10 Å². The molecule has 0 amide bonds. The average Bonchev–Trinajstić information content (AvgIpc) is 2.86. The third-order valence-corrected chi connectivity index (χ3v) is 5.43. The maximum Gasteiger partial charge on any atom is 0.332 e. The van der Waals surface area contributed by atoms with Crippen LogP contribution in [0.5, 0.6) is 0 Å². The molecule has 2 aliphatic rings. The summed E-state index contributed by atoms with van der Waals surface area (Å²) in [7, 11) is 0. The molecule has 6 heteroatoms. The van der Waals surface area contributed by atoms with E-state index in [-0.39, 0.29) is 11.8 Å². The number of rotatable bonds is 12. The summed E-state index contributed by atoms with van der Waals surface area (Å²) in [4.78, 5) is 15.4. The van der Waals surface area contributed by atoms with Gasteiger partial charge in [0.15, 0.2) is 6.61 Å². The van der Waals surface area contributed by atoms with Gasteiger partial charge in [-0.2, -0.15) is 0 Å². The van der Waals surface area contributed by atoms with Gasteiger partial charge in [-0.15, -0.1) is 0 Å². The van der Waals surface area contributed by atoms with Gasteiger partial charge in [-0.25, -0.2) is 4.79 Å². The summed E-state index contributed by atoms with van der Waals surface area (Å²) < 4.78 is 0. The van der Waals surface area contributed by atoms with E-state index in [4.69, 9.17) is 9.94 Å². The van der Waals surface area contributed by atoms with E-state index in [1.165, 1.54) is 32.1 Å². The largest absolute Gasteiger partial charge is 0.479 e. The van der Waals surface area contributed by atoms with E-state index in [1.807, 2.05) is 0 Å². The van der Waals surface area contributed by atoms with Gasteiger partial charge in [-0.3, -0.25) is 10.3 Å². The molecule has 0 aromatic carbocycles. The highest BCUT2D eigenvalue weighted by Crippen LogP contribution is 2.48. The molecule has 0 saturated heterocycles. The number of unbranched alkanes of at least 4 members (excludes halogenated alkanes) is 6. The van der Waals surface area contributed by atoms with Gasteiger partial charge in [0.25, 0.3) is 0 Å². The van der Waals surface area contributed by atoms with Gasteiger partial charge < -0.3 is 15.3 Å². The van der Waals surface area contributed by atoms with Crippen molar-refractivity contribution >= 4 is 5.97 Å². The third-order valence-electron chi connectivity index (χ3n) is 5.43. The van der Waals surface area contributed by atoms with Crippen molar-refractivity contribution in [1.82, 2.24) is 5.48 Å². The van der Waals surface area contributed by atoms with Crippen LogP contribution in [-0.2, 0) is 9.63 Å². The minimum absolute atomic E-state index is 0.0699. The first-order chi connectivity index (χ1) is 13.0. The lowest BCUT2D eigenvalue weighted by Gasteiger charge is -2.30. The number of fused-ring (bicyclic) bond motifs is 1. The molecule has 0 heterocycles. The Hall–Kier alpha value is -1.55. The highest BCUT2D eigenvalue weighted by Gasteiger charge is 2.45. The molecule has 0 aromatic rings. The van der Waals surface area contributed by atoms with Crippen molar-refractivity contribution < 1.29 is 25.0 Å². The molecule has 6 nitrogen and oxygen atoms in total. The molecule has 0 aromatic heterocycles. The van der Waals surface area contributed by atoms with Gasteiger partial charge in [0.2, 0.25) is 0 Å². The molecule has 0 radical (unpaired) electrons. The molecule has 27 heavy (non-hydrogen) atoms. The highest BCUT2D eigenvalue weighted by molar-refractivity contribution is 5.67. The number of hydroxylamine groups is 1. The fraction of sp³-hybridized carbons (Fsp3) is 0.762. The lowest BCUT2D eigenvalue weighted by Crippen LogP contribution is -2.32. The maximum absolute atomic E-state index is 10.5. The monoisotopic (exact) mass is 379 g/mol. The Bertz CT molecular complexity index is 577. The van der Waals surface area contributed by atoms with Crippen molar-refractivity contribution in [3.05, 3.63) is 11.3 Å². The van der Waals surface area contributed by atoms with Crippen LogP contribution in [0, 0.1) is 23.7 Å². The van der Waals surface area contributed by atoms with Crippen molar-refractivity contribution in [3.63, 3.8) is 0 Å². The molecule has 1 saturated carbocycles. The molecule has 0 bridgehead atoms. The van der Waals surface area contributed by atoms with E-state index in [1.54, 1.807) is 0 Å². The molecule has 2 aliphatic carbocycles. The smallest absolute Gasteiger partial charge is 0.332 e. The summed E-state index contributed by atoms with van der Waals surface area (Å²) in [6.07, 6.45) is 9.29. The van der Waals surface area contributed by atoms with E-state index >= 15 is 0 Å². The summed E-state index contributed by atoms with van der Waals surface area (Å²) in [5.74, 6) is 4.81. The fourth-order valence-corrected chi connectivity index (χ4v) is 3.81. The Kier molecular flexibility index (Phi) is 9.12. The summed E-state index contributed by atoms with van der Waals surface area (Å²) in [5.41, 5.74) is 4.59. The van der Waals surface area contributed by atoms with E-state index in [2.05, 4.69) is 24.2 Å². The standard InChI is InChI=1S/C21H33NO5/c1-2-3-4-5-6-7-8-9-16(23)11-10-15-12-17-18(21(15)26)13-19(17)22-27-14-20(24)25/h15-16,18,21-23,26H,2-9,12-14H2,1H3,(H,24,25). The second-order valence-electron chi connectivity index (χ2n) is 7.61. The SMILES string of the molecule is CCCCCCCCCC(O)C#CC1CC2=C(NOCC(=O)O)CC2C1O. The summed E-state index contributed by atoms with van der Waals surface area (Å²) in [6.45, 7) is 1.81. The van der Waals surface area contributed by atoms with Crippen LogP contribution in [-0.4, -0.2) is 40.1 Å². The molecule has 2 rings (SSSR count).